The second-order valence-electron chi connectivity index (χ2n) is 9.41. The van der Waals surface area contributed by atoms with Gasteiger partial charge in [-0.3, -0.25) is 14.5 Å². The zero-order valence-electron chi connectivity index (χ0n) is 19.4. The van der Waals surface area contributed by atoms with Gasteiger partial charge in [-0.15, -0.1) is 0 Å². The fourth-order valence-corrected chi connectivity index (χ4v) is 5.19. The third kappa shape index (κ3) is 3.65. The Bertz CT molecular complexity index is 1160. The minimum absolute atomic E-state index is 0.0296. The molecule has 1 unspecified atom stereocenters. The number of hydrogen-bond acceptors (Lipinski definition) is 6. The van der Waals surface area contributed by atoms with Crippen LogP contribution in [-0.4, -0.2) is 52.3 Å². The number of rotatable bonds is 7. The van der Waals surface area contributed by atoms with Crippen LogP contribution in [0.3, 0.4) is 0 Å². The molecule has 0 bridgehead atoms. The number of carbonyl (C=O) groups excluding carboxylic acids is 3. The van der Waals surface area contributed by atoms with Gasteiger partial charge >= 0.3 is 6.03 Å². The van der Waals surface area contributed by atoms with Crippen LogP contribution in [0.1, 0.15) is 42.9 Å². The topological polar surface area (TPSA) is 118 Å². The van der Waals surface area contributed by atoms with E-state index in [9.17, 15) is 14.4 Å². The lowest BCUT2D eigenvalue weighted by Crippen LogP contribution is -2.47. The lowest BCUT2D eigenvalue weighted by atomic mass is 9.92. The van der Waals surface area contributed by atoms with E-state index in [1.54, 1.807) is 17.2 Å². The Morgan fingerprint density at radius 3 is 2.85 bits per heavy atom. The number of nitrogens with one attached hydrogen (secondary N) is 1. The molecule has 1 saturated carbocycles. The molecule has 2 fully saturated rings. The Labute approximate surface area is 198 Å². The summed E-state index contributed by atoms with van der Waals surface area (Å²) in [5.41, 5.74) is 7.41. The molecule has 2 heterocycles. The molecule has 178 valence electrons. The van der Waals surface area contributed by atoms with Crippen LogP contribution in [0.15, 0.2) is 36.5 Å². The Morgan fingerprint density at radius 1 is 1.35 bits per heavy atom. The molecule has 5 rings (SSSR count). The van der Waals surface area contributed by atoms with Gasteiger partial charge < -0.3 is 20.7 Å². The van der Waals surface area contributed by atoms with Gasteiger partial charge in [-0.05, 0) is 61.3 Å². The summed E-state index contributed by atoms with van der Waals surface area (Å²) >= 11 is 0. The molecule has 2 aliphatic carbocycles. The summed E-state index contributed by atoms with van der Waals surface area (Å²) in [6, 6.07) is 8.87. The van der Waals surface area contributed by atoms with Crippen LogP contribution in [0.2, 0.25) is 0 Å². The predicted molar refractivity (Wildman–Crippen MR) is 125 cm³/mol. The van der Waals surface area contributed by atoms with E-state index in [0.717, 1.165) is 34.4 Å². The fourth-order valence-electron chi connectivity index (χ4n) is 5.19. The number of imide groups is 1. The van der Waals surface area contributed by atoms with Gasteiger partial charge in [0.15, 0.2) is 11.6 Å². The van der Waals surface area contributed by atoms with Crippen molar-refractivity contribution in [2.24, 2.45) is 5.92 Å². The van der Waals surface area contributed by atoms with Gasteiger partial charge in [-0.2, -0.15) is 0 Å². The van der Waals surface area contributed by atoms with Crippen molar-refractivity contribution in [2.75, 3.05) is 19.4 Å². The normalized spacial score (nSPS) is 22.0. The number of anilines is 1. The first-order valence-corrected chi connectivity index (χ1v) is 11.6. The molecule has 1 saturated heterocycles. The molecule has 1 spiro atoms. The maximum absolute atomic E-state index is 13.5. The second-order valence-corrected chi connectivity index (χ2v) is 9.41. The molecular formula is C25H29N5O4. The molecule has 4 amide bonds. The highest BCUT2D eigenvalue weighted by Gasteiger charge is 2.55. The summed E-state index contributed by atoms with van der Waals surface area (Å²) in [4.78, 5) is 46.9. The summed E-state index contributed by atoms with van der Waals surface area (Å²) in [6.45, 7) is 2.00. The van der Waals surface area contributed by atoms with Gasteiger partial charge in [-0.1, -0.05) is 24.3 Å². The van der Waals surface area contributed by atoms with E-state index in [1.807, 2.05) is 31.2 Å². The maximum atomic E-state index is 13.5. The number of pyridine rings is 1. The molecule has 1 aromatic carbocycles. The van der Waals surface area contributed by atoms with E-state index in [4.69, 9.17) is 10.5 Å². The highest BCUT2D eigenvalue weighted by Crippen LogP contribution is 2.41. The highest BCUT2D eigenvalue weighted by atomic mass is 16.5. The number of benzene rings is 1. The summed E-state index contributed by atoms with van der Waals surface area (Å²) in [5.74, 6) is 0.497. The SMILES string of the molecule is COc1cc(CN(C(=O)CN2C(=O)NC3(CCc4ccccc43)C2=O)[C@@H](C)C2CC2)cnc1N. The van der Waals surface area contributed by atoms with E-state index in [2.05, 4.69) is 10.3 Å². The zero-order valence-corrected chi connectivity index (χ0v) is 19.4. The molecular weight excluding hydrogens is 434 g/mol. The second kappa shape index (κ2) is 8.30. The van der Waals surface area contributed by atoms with E-state index < -0.39 is 11.6 Å². The fraction of sp³-hybridized carbons (Fsp3) is 0.440. The summed E-state index contributed by atoms with van der Waals surface area (Å²) in [6.07, 6.45) is 4.94. The molecule has 2 atom stereocenters. The van der Waals surface area contributed by atoms with E-state index in [0.29, 0.717) is 24.5 Å². The number of fused-ring (bicyclic) bond motifs is 2. The average Bonchev–Trinajstić information content (AvgIpc) is 3.59. The Hall–Kier alpha value is -3.62. The van der Waals surface area contributed by atoms with Crippen molar-refractivity contribution in [3.05, 3.63) is 53.2 Å². The summed E-state index contributed by atoms with van der Waals surface area (Å²) < 4.78 is 5.27. The molecule has 0 radical (unpaired) electrons. The number of nitrogens with two attached hydrogens (primary N) is 1. The molecule has 9 nitrogen and oxygen atoms in total. The van der Waals surface area contributed by atoms with Crippen LogP contribution in [-0.2, 0) is 28.1 Å². The number of nitrogens with zero attached hydrogens (tertiary/aromatic N) is 3. The molecule has 2 aromatic rings. The van der Waals surface area contributed by atoms with Crippen molar-refractivity contribution >= 4 is 23.7 Å². The molecule has 1 aliphatic heterocycles. The first-order valence-electron chi connectivity index (χ1n) is 11.6. The van der Waals surface area contributed by atoms with Crippen molar-refractivity contribution in [3.8, 4) is 5.75 Å². The number of nitrogen functional groups attached to an aromatic ring is 1. The van der Waals surface area contributed by atoms with E-state index >= 15 is 0 Å². The van der Waals surface area contributed by atoms with Gasteiger partial charge in [0.25, 0.3) is 5.91 Å². The first kappa shape index (κ1) is 22.2. The lowest BCUT2D eigenvalue weighted by molar-refractivity contribution is -0.141. The predicted octanol–water partition coefficient (Wildman–Crippen LogP) is 2.19. The van der Waals surface area contributed by atoms with Crippen molar-refractivity contribution in [3.63, 3.8) is 0 Å². The van der Waals surface area contributed by atoms with Crippen LogP contribution in [0, 0.1) is 5.92 Å². The molecule has 9 heteroatoms. The number of ether oxygens (including phenoxy) is 1. The van der Waals surface area contributed by atoms with Crippen molar-refractivity contribution in [1.29, 1.82) is 0 Å². The number of carbonyl (C=O) groups is 3. The Balaban J connectivity index is 1.37. The monoisotopic (exact) mass is 463 g/mol. The number of aromatic nitrogens is 1. The third-order valence-electron chi connectivity index (χ3n) is 7.34. The van der Waals surface area contributed by atoms with Crippen molar-refractivity contribution < 1.29 is 19.1 Å². The van der Waals surface area contributed by atoms with Crippen LogP contribution >= 0.6 is 0 Å². The van der Waals surface area contributed by atoms with Gasteiger partial charge in [0, 0.05) is 18.8 Å². The largest absolute Gasteiger partial charge is 0.493 e. The quantitative estimate of drug-likeness (QED) is 0.608. The van der Waals surface area contributed by atoms with Gasteiger partial charge in [-0.25, -0.2) is 9.78 Å². The number of amides is 4. The van der Waals surface area contributed by atoms with Crippen LogP contribution in [0.5, 0.6) is 5.75 Å². The van der Waals surface area contributed by atoms with Crippen LogP contribution < -0.4 is 15.8 Å². The third-order valence-corrected chi connectivity index (χ3v) is 7.34. The summed E-state index contributed by atoms with van der Waals surface area (Å²) in [7, 11) is 1.52. The number of hydrogen-bond donors (Lipinski definition) is 2. The molecule has 34 heavy (non-hydrogen) atoms. The van der Waals surface area contributed by atoms with Crippen molar-refractivity contribution in [2.45, 2.75) is 50.7 Å². The number of urea groups is 1. The Morgan fingerprint density at radius 2 is 2.12 bits per heavy atom. The minimum Gasteiger partial charge on any atom is -0.493 e. The molecule has 3 N–H and O–H groups in total. The lowest BCUT2D eigenvalue weighted by Gasteiger charge is -2.31. The Kier molecular flexibility index (Phi) is 5.42. The first-order chi connectivity index (χ1) is 16.3. The standard InChI is InChI=1S/C25H29N5O4/c1-15(17-7-8-17)29(13-16-11-20(34-2)22(26)27-12-16)21(31)14-30-23(32)25(28-24(30)33)10-9-18-5-3-4-6-19(18)25/h3-6,11-12,15,17H,7-10,13-14H2,1-2H3,(H2,26,27)(H,28,33)/t15-,25?/m0/s1. The van der Waals surface area contributed by atoms with Crippen molar-refractivity contribution in [1.82, 2.24) is 20.1 Å². The maximum Gasteiger partial charge on any atom is 0.325 e. The van der Waals surface area contributed by atoms with Gasteiger partial charge in [0.2, 0.25) is 5.91 Å². The average molecular weight is 464 g/mol. The van der Waals surface area contributed by atoms with Gasteiger partial charge in [0.05, 0.1) is 7.11 Å². The smallest absolute Gasteiger partial charge is 0.325 e. The summed E-state index contributed by atoms with van der Waals surface area (Å²) in [5, 5.41) is 2.89. The van der Waals surface area contributed by atoms with Gasteiger partial charge in [0.1, 0.15) is 12.1 Å². The molecule has 3 aliphatic rings. The zero-order chi connectivity index (χ0) is 24.0. The van der Waals surface area contributed by atoms with Crippen LogP contribution in [0.4, 0.5) is 10.6 Å². The minimum atomic E-state index is -1.07. The van der Waals surface area contributed by atoms with E-state index in [1.165, 1.54) is 7.11 Å². The van der Waals surface area contributed by atoms with E-state index in [-0.39, 0.29) is 36.8 Å². The number of methoxy groups -OCH3 is 1. The molecule has 1 aromatic heterocycles. The van der Waals surface area contributed by atoms with Crippen LogP contribution in [0.25, 0.3) is 0 Å². The highest BCUT2D eigenvalue weighted by molar-refractivity contribution is 6.10. The number of aryl methyl sites for hydroxylation is 1.